The van der Waals surface area contributed by atoms with Crippen molar-refractivity contribution in [2.24, 2.45) is 15.5 Å². The second-order valence-corrected chi connectivity index (χ2v) is 37.3. The number of nitrogens with zero attached hydrogens (tertiary/aromatic N) is 3. The number of nitrogens with one attached hydrogen (secondary N) is 6. The van der Waals surface area contributed by atoms with Crippen LogP contribution < -0.4 is 31.9 Å². The number of aliphatic hydroxyl groups excluding tert-OH is 1. The van der Waals surface area contributed by atoms with Gasteiger partial charge in [-0.25, -0.2) is 9.59 Å². The Labute approximate surface area is 829 Å². The van der Waals surface area contributed by atoms with Gasteiger partial charge in [0.2, 0.25) is 18.4 Å². The summed E-state index contributed by atoms with van der Waals surface area (Å²) < 4.78 is 32.2. The summed E-state index contributed by atoms with van der Waals surface area (Å²) in [5.41, 5.74) is 1.13. The minimum Gasteiger partial charge on any atom is -0.508 e. The maximum absolute atomic E-state index is 12.5. The van der Waals surface area contributed by atoms with Crippen molar-refractivity contribution in [3.05, 3.63) is 155 Å². The SMILES string of the molecule is CC(=O)C[C@@H]1CC[C@H](NC(=O)/C(=C\C(=O)O)c2cccs2)B(O)O1.CC(=O)C[C@@H]1CC[C@H](NC(=O)/C(=N\O)c2cccs2)B(O)O1.CC(=O)C[C@@H]1CC[C@H](NC(=O)/C(=N\OCC(=O)O)c2cccs2)B(O)O1.CC(=O)C[C@@H]1CC[C@H](NC(=O)/C(=N\OCCO)c2cccs2)B(O)O1.CC(=O)C[C@@H]1CC[C@H](NC(=O)Cc2cccc(O)c2)B(O)O1.CC(=O)C[C@@H]1CC[C@H](NC(=O)Cc2ccccc2O)B(O)O1. The second-order valence-electron chi connectivity index (χ2n) is 33.5. The van der Waals surface area contributed by atoms with Gasteiger partial charge in [0.05, 0.1) is 75.3 Å². The fourth-order valence-corrected chi connectivity index (χ4v) is 17.9. The Morgan fingerprint density at radius 2 is 0.709 bits per heavy atom. The fraction of sp³-hybridized carbons (Fsp3) is 0.466. The molecule has 53 heteroatoms. The van der Waals surface area contributed by atoms with E-state index in [1.807, 2.05) is 0 Å². The summed E-state index contributed by atoms with van der Waals surface area (Å²) in [7, 11) is -7.09. The molecule has 12 rings (SSSR count). The average molecular weight is 2040 g/mol. The number of rotatable bonds is 37. The highest BCUT2D eigenvalue weighted by Crippen LogP contribution is 2.29. The van der Waals surface area contributed by atoms with Gasteiger partial charge in [-0.1, -0.05) is 70.1 Å². The van der Waals surface area contributed by atoms with Crippen LogP contribution in [0.5, 0.6) is 11.5 Å². The molecular weight excluding hydrogens is 1920 g/mol. The van der Waals surface area contributed by atoms with Crippen LogP contribution in [-0.2, 0) is 118 Å². The zero-order valence-corrected chi connectivity index (χ0v) is 81.4. The van der Waals surface area contributed by atoms with Crippen molar-refractivity contribution in [3.8, 4) is 11.5 Å². The summed E-state index contributed by atoms with van der Waals surface area (Å²) in [6, 6.07) is 26.7. The van der Waals surface area contributed by atoms with Crippen LogP contribution in [-0.4, -0.2) is 295 Å². The first-order valence-electron chi connectivity index (χ1n) is 45.0. The van der Waals surface area contributed by atoms with Crippen LogP contribution in [0.1, 0.15) is 188 Å². The molecule has 0 unspecified atom stereocenters. The highest BCUT2D eigenvalue weighted by atomic mass is 32.1. The van der Waals surface area contributed by atoms with E-state index in [1.54, 1.807) is 100 Å². The van der Waals surface area contributed by atoms with Crippen molar-refractivity contribution >= 4 is 193 Å². The molecule has 0 bridgehead atoms. The minimum atomic E-state index is -1.25. The second kappa shape index (κ2) is 60.8. The lowest BCUT2D eigenvalue weighted by atomic mass is 9.72. The van der Waals surface area contributed by atoms with E-state index in [0.29, 0.717) is 108 Å². The summed E-state index contributed by atoms with van der Waals surface area (Å²) in [4.78, 5) is 173. The van der Waals surface area contributed by atoms with Crippen LogP contribution in [0.2, 0.25) is 0 Å². The number of carbonyl (C=O) groups excluding carboxylic acids is 12. The molecule has 0 saturated carbocycles. The van der Waals surface area contributed by atoms with Crippen LogP contribution >= 0.6 is 45.3 Å². The van der Waals surface area contributed by atoms with Crippen molar-refractivity contribution in [2.45, 2.75) is 242 Å². The summed E-state index contributed by atoms with van der Waals surface area (Å²) in [5, 5.41) is 148. The number of benzene rings is 2. The van der Waals surface area contributed by atoms with E-state index in [2.05, 4.69) is 52.2 Å². The van der Waals surface area contributed by atoms with Gasteiger partial charge in [0.15, 0.2) is 17.1 Å². The summed E-state index contributed by atoms with van der Waals surface area (Å²) in [6.45, 7) is 7.89. The number of carboxylic acids is 2. The number of aliphatic carboxylic acids is 2. The molecule has 0 radical (unpaired) electrons. The molecule has 6 saturated heterocycles. The molecule has 6 amide bonds. The summed E-state index contributed by atoms with van der Waals surface area (Å²) >= 11 is 5.08. The maximum Gasteiger partial charge on any atom is 0.478 e. The standard InChI is InChI=1S/C15H19BN2O7S.C15H21BN2O6S.C15H18BNO6S.2C15H20BNO5.C13H17BN2O5S/c1-9(19)7-10-4-5-12(16(23)25-10)17-15(22)14(11-3-2-6-26-11)18-24-8-13(20)21;1-10(20)9-11-4-5-13(16(22)24-11)17-15(21)14(18-23-7-6-19)12-3-2-8-25-12;1-9(18)7-10-4-5-13(16(22)23-10)17-15(21)11(8-14(19)20)12-3-2-6-24-12;1-10(18)7-13-5-6-14(16(21)22-13)17-15(20)9-11-3-2-4-12(19)8-11;1-10(18)8-12-6-7-14(16(21)22-12)17-15(20)9-11-4-2-3-5-13(11)19;1-8(17)7-9-4-5-11(14(19)21-9)15-13(18)12(16-20)10-3-2-6-22-10/h2-3,6,10,12,23H,4-5,7-8H2,1H3,(H,17,22)(H,20,21);2-3,8,11,13,19,22H,4-7,9H2,1H3,(H,17,21);2-3,6,8,10,13,22H,4-5,7H2,1H3,(H,17,21)(H,19,20);2-4,8,13-14,19,21H,5-7,9H2,1H3,(H,17,20);2-5,12,14,19,21H,6-9H2,1H3,(H,17,20);2-3,6,9,11,19-20H,4-5,7H2,1H3,(H,15,18)/b2*18-14-;11-8-;;;16-12-/t10-,12-;11-,13-;10-,13-;13-,14-;12-,14-;9-,11-/m000000/s1. The molecule has 0 spiro atoms. The van der Waals surface area contributed by atoms with Crippen molar-refractivity contribution in [1.29, 1.82) is 0 Å². The molecule has 2 aromatic carbocycles. The summed E-state index contributed by atoms with van der Waals surface area (Å²) in [6.07, 6.45) is 6.83. The number of oxime groups is 3. The number of Topliss-reactive ketones (excluding diaryl/α,β-unsaturated/α-hetero) is 6. The number of hydrogen-bond acceptors (Lipinski definition) is 39. The van der Waals surface area contributed by atoms with Crippen LogP contribution in [0.4, 0.5) is 0 Å². The number of hydrogen-bond donors (Lipinski definition) is 18. The smallest absolute Gasteiger partial charge is 0.478 e. The van der Waals surface area contributed by atoms with Crippen LogP contribution in [0.3, 0.4) is 0 Å². The van der Waals surface area contributed by atoms with Gasteiger partial charge in [-0.3, -0.25) is 57.5 Å². The molecule has 43 nitrogen and oxygen atoms in total. The highest BCUT2D eigenvalue weighted by molar-refractivity contribution is 7.14. The molecule has 18 N–H and O–H groups in total. The third-order valence-electron chi connectivity index (χ3n) is 21.5. The van der Waals surface area contributed by atoms with Crippen molar-refractivity contribution < 1.29 is 166 Å². The Kier molecular flexibility index (Phi) is 50.3. The van der Waals surface area contributed by atoms with E-state index in [0.717, 1.165) is 6.08 Å². The lowest BCUT2D eigenvalue weighted by molar-refractivity contribution is -0.142. The largest absolute Gasteiger partial charge is 0.508 e. The fourth-order valence-electron chi connectivity index (χ4n) is 15.0. The molecule has 758 valence electrons. The molecule has 4 aromatic heterocycles. The average Bonchev–Trinajstić information content (AvgIpc) is 1.63. The third-order valence-corrected chi connectivity index (χ3v) is 25.0. The van der Waals surface area contributed by atoms with E-state index in [1.165, 1.54) is 105 Å². The zero-order chi connectivity index (χ0) is 103. The first-order chi connectivity index (χ1) is 67.1. The highest BCUT2D eigenvalue weighted by Gasteiger charge is 2.44. The predicted octanol–water partition coefficient (Wildman–Crippen LogP) is 3.00. The molecular formula is C88H115B6N9O34S4. The molecule has 141 heavy (non-hydrogen) atoms. The van der Waals surface area contributed by atoms with Crippen molar-refractivity contribution in [2.75, 3.05) is 19.8 Å². The van der Waals surface area contributed by atoms with Gasteiger partial charge >= 0.3 is 54.6 Å². The number of ketones is 6. The van der Waals surface area contributed by atoms with Gasteiger partial charge < -0.3 is 130 Å². The third kappa shape index (κ3) is 42.4. The normalized spacial score (nSPS) is 21.4. The molecule has 6 fully saturated rings. The van der Waals surface area contributed by atoms with Gasteiger partial charge in [0, 0.05) is 91.7 Å². The molecule has 6 aliphatic heterocycles. The number of thiophene rings is 4. The number of amides is 6. The number of phenolic OH excluding ortho intramolecular Hbond substituents is 2. The van der Waals surface area contributed by atoms with Crippen LogP contribution in [0, 0.1) is 0 Å². The Morgan fingerprint density at radius 1 is 0.390 bits per heavy atom. The quantitative estimate of drug-likeness (QED) is 0.00665. The van der Waals surface area contributed by atoms with E-state index in [-0.39, 0.29) is 182 Å². The maximum atomic E-state index is 12.5. The molecule has 10 heterocycles. The number of carbonyl (C=O) groups is 14. The molecule has 6 aliphatic rings. The van der Waals surface area contributed by atoms with Crippen molar-refractivity contribution in [1.82, 2.24) is 31.9 Å². The summed E-state index contributed by atoms with van der Waals surface area (Å²) in [5.74, 6) is -8.64. The van der Waals surface area contributed by atoms with Crippen molar-refractivity contribution in [3.63, 3.8) is 0 Å². The van der Waals surface area contributed by atoms with Gasteiger partial charge in [-0.2, -0.15) is 0 Å². The molecule has 0 aliphatic carbocycles. The number of para-hydroxylation sites is 1. The van der Waals surface area contributed by atoms with Gasteiger partial charge in [0.25, 0.3) is 23.6 Å². The van der Waals surface area contributed by atoms with Gasteiger partial charge in [-0.05, 0) is 188 Å². The van der Waals surface area contributed by atoms with Crippen LogP contribution in [0.15, 0.2) is 140 Å². The Bertz CT molecular complexity index is 5230. The Morgan fingerprint density at radius 3 is 1.01 bits per heavy atom. The molecule has 6 aromatic rings. The zero-order valence-electron chi connectivity index (χ0n) is 78.1. The Hall–Kier alpha value is -11.4. The Balaban J connectivity index is 0.000000230. The first kappa shape index (κ1) is 117. The van der Waals surface area contributed by atoms with Gasteiger partial charge in [-0.15, -0.1) is 45.3 Å². The molecule has 12 atom stereocenters. The number of phenols is 2. The topological polar surface area (TPSA) is 665 Å². The van der Waals surface area contributed by atoms with E-state index < -0.39 is 121 Å². The lowest BCUT2D eigenvalue weighted by Gasteiger charge is -2.31. The first-order valence-corrected chi connectivity index (χ1v) is 48.6. The predicted molar refractivity (Wildman–Crippen MR) is 520 cm³/mol. The lowest BCUT2D eigenvalue weighted by Crippen LogP contribution is -2.54. The van der Waals surface area contributed by atoms with E-state index in [9.17, 15) is 107 Å². The minimum absolute atomic E-state index is 0.00664. The number of aromatic hydroxyl groups is 2. The monoisotopic (exact) mass is 2040 g/mol. The number of aliphatic hydroxyl groups is 1. The van der Waals surface area contributed by atoms with Crippen LogP contribution in [0.25, 0.3) is 5.57 Å². The van der Waals surface area contributed by atoms with E-state index >= 15 is 0 Å². The van der Waals surface area contributed by atoms with Gasteiger partial charge in [0.1, 0.15) is 52.8 Å². The number of carboxylic acid groups (broad SMARTS) is 2. The van der Waals surface area contributed by atoms with E-state index in [4.69, 9.17) is 53.3 Å².